The maximum atomic E-state index is 8.93. The third kappa shape index (κ3) is 1.48. The van der Waals surface area contributed by atoms with E-state index in [1.807, 2.05) is 18.2 Å². The van der Waals surface area contributed by atoms with Crippen LogP contribution in [0, 0.1) is 11.3 Å². The van der Waals surface area contributed by atoms with Crippen LogP contribution in [0.15, 0.2) is 42.7 Å². The molecule has 2 heterocycles. The van der Waals surface area contributed by atoms with E-state index < -0.39 is 0 Å². The van der Waals surface area contributed by atoms with E-state index in [2.05, 4.69) is 16.0 Å². The smallest absolute Gasteiger partial charge is 0.205 e. The molecule has 2 aromatic heterocycles. The molecule has 0 saturated heterocycles. The summed E-state index contributed by atoms with van der Waals surface area (Å²) >= 11 is 0. The fourth-order valence-electron chi connectivity index (χ4n) is 1.94. The van der Waals surface area contributed by atoms with Crippen molar-refractivity contribution in [3.05, 3.63) is 48.3 Å². The van der Waals surface area contributed by atoms with Crippen molar-refractivity contribution in [1.29, 1.82) is 5.26 Å². The Labute approximate surface area is 103 Å². The van der Waals surface area contributed by atoms with Crippen LogP contribution < -0.4 is 5.73 Å². The van der Waals surface area contributed by atoms with Gasteiger partial charge in [0.05, 0.1) is 29.0 Å². The maximum Gasteiger partial charge on any atom is 0.205 e. The number of fused-ring (bicyclic) bond motifs is 1. The van der Waals surface area contributed by atoms with E-state index in [1.54, 1.807) is 29.1 Å². The van der Waals surface area contributed by atoms with Crippen LogP contribution in [-0.4, -0.2) is 14.5 Å². The molecule has 18 heavy (non-hydrogen) atoms. The number of hydrogen-bond donors (Lipinski definition) is 1. The number of nitrogens with two attached hydrogens (primary N) is 1. The Morgan fingerprint density at radius 1 is 1.28 bits per heavy atom. The minimum absolute atomic E-state index is 0.382. The first-order valence-electron chi connectivity index (χ1n) is 5.38. The minimum atomic E-state index is 0.382. The summed E-state index contributed by atoms with van der Waals surface area (Å²) in [4.78, 5) is 8.25. The van der Waals surface area contributed by atoms with Crippen molar-refractivity contribution >= 4 is 17.0 Å². The molecule has 1 aromatic carbocycles. The van der Waals surface area contributed by atoms with E-state index in [0.717, 1.165) is 16.7 Å². The number of imidazole rings is 1. The van der Waals surface area contributed by atoms with Crippen LogP contribution in [0.1, 0.15) is 5.56 Å². The van der Waals surface area contributed by atoms with Gasteiger partial charge in [0.25, 0.3) is 0 Å². The summed E-state index contributed by atoms with van der Waals surface area (Å²) in [7, 11) is 0. The molecule has 5 heteroatoms. The summed E-state index contributed by atoms with van der Waals surface area (Å²) in [6.07, 6.45) is 3.35. The van der Waals surface area contributed by atoms with Gasteiger partial charge >= 0.3 is 0 Å². The quantitative estimate of drug-likeness (QED) is 0.698. The predicted molar refractivity (Wildman–Crippen MR) is 68.0 cm³/mol. The summed E-state index contributed by atoms with van der Waals surface area (Å²) in [5.41, 5.74) is 8.93. The Morgan fingerprint density at radius 3 is 3.00 bits per heavy atom. The van der Waals surface area contributed by atoms with Crippen LogP contribution in [0.4, 0.5) is 5.95 Å². The highest BCUT2D eigenvalue weighted by atomic mass is 15.2. The molecule has 2 N–H and O–H groups in total. The van der Waals surface area contributed by atoms with E-state index in [4.69, 9.17) is 11.0 Å². The van der Waals surface area contributed by atoms with Crippen LogP contribution >= 0.6 is 0 Å². The molecule has 0 spiro atoms. The van der Waals surface area contributed by atoms with E-state index in [9.17, 15) is 0 Å². The van der Waals surface area contributed by atoms with Crippen molar-refractivity contribution in [3.63, 3.8) is 0 Å². The number of nitrogen functional groups attached to an aromatic ring is 1. The van der Waals surface area contributed by atoms with Gasteiger partial charge in [0.1, 0.15) is 5.52 Å². The number of pyridine rings is 1. The summed E-state index contributed by atoms with van der Waals surface area (Å²) in [5.74, 6) is 0.382. The van der Waals surface area contributed by atoms with Gasteiger partial charge in [0.2, 0.25) is 5.95 Å². The molecule has 86 valence electrons. The molecule has 0 unspecified atom stereocenters. The van der Waals surface area contributed by atoms with Crippen LogP contribution in [-0.2, 0) is 0 Å². The zero-order valence-corrected chi connectivity index (χ0v) is 9.41. The molecule has 0 amide bonds. The Bertz CT molecular complexity index is 766. The highest BCUT2D eigenvalue weighted by Gasteiger charge is 2.09. The fraction of sp³-hybridized carbons (Fsp3) is 0. The molecule has 3 aromatic rings. The van der Waals surface area contributed by atoms with E-state index in [0.29, 0.717) is 11.5 Å². The molecule has 5 nitrogen and oxygen atoms in total. The zero-order valence-electron chi connectivity index (χ0n) is 9.41. The average Bonchev–Trinajstić information content (AvgIpc) is 2.74. The average molecular weight is 235 g/mol. The Kier molecular flexibility index (Phi) is 2.21. The van der Waals surface area contributed by atoms with E-state index in [-0.39, 0.29) is 0 Å². The first-order chi connectivity index (χ1) is 8.79. The molecule has 3 rings (SSSR count). The number of nitriles is 1. The molecule has 0 saturated carbocycles. The number of benzene rings is 1. The van der Waals surface area contributed by atoms with Gasteiger partial charge in [0.15, 0.2) is 0 Å². The van der Waals surface area contributed by atoms with Crippen LogP contribution in [0.25, 0.3) is 16.7 Å². The van der Waals surface area contributed by atoms with Crippen LogP contribution in [0.3, 0.4) is 0 Å². The molecular weight excluding hydrogens is 226 g/mol. The SMILES string of the molecule is N#Cc1cccc(-n2c(N)nc3cnccc32)c1. The Hall–Kier alpha value is -2.87. The molecule has 0 atom stereocenters. The monoisotopic (exact) mass is 235 g/mol. The maximum absolute atomic E-state index is 8.93. The molecule has 0 bridgehead atoms. The number of hydrogen-bond acceptors (Lipinski definition) is 4. The molecule has 0 aliphatic carbocycles. The molecule has 0 fully saturated rings. The molecule has 0 aliphatic heterocycles. The van der Waals surface area contributed by atoms with Crippen molar-refractivity contribution in [2.24, 2.45) is 0 Å². The summed E-state index contributed by atoms with van der Waals surface area (Å²) < 4.78 is 1.80. The Balaban J connectivity index is 2.31. The first kappa shape index (κ1) is 10.3. The normalized spacial score (nSPS) is 10.4. The third-order valence-electron chi connectivity index (χ3n) is 2.72. The number of anilines is 1. The van der Waals surface area contributed by atoms with Crippen molar-refractivity contribution < 1.29 is 0 Å². The lowest BCUT2D eigenvalue weighted by Gasteiger charge is -2.06. The van der Waals surface area contributed by atoms with E-state index in [1.165, 1.54) is 0 Å². The van der Waals surface area contributed by atoms with Gasteiger partial charge < -0.3 is 5.73 Å². The van der Waals surface area contributed by atoms with Gasteiger partial charge in [-0.2, -0.15) is 5.26 Å². The van der Waals surface area contributed by atoms with Crippen LogP contribution in [0.2, 0.25) is 0 Å². The molecule has 0 aliphatic rings. The lowest BCUT2D eigenvalue weighted by molar-refractivity contribution is 1.11. The highest BCUT2D eigenvalue weighted by Crippen LogP contribution is 2.22. The van der Waals surface area contributed by atoms with Crippen molar-refractivity contribution in [1.82, 2.24) is 14.5 Å². The third-order valence-corrected chi connectivity index (χ3v) is 2.72. The standard InChI is InChI=1S/C13H9N5/c14-7-9-2-1-3-10(6-9)18-12-4-5-16-8-11(12)17-13(18)15/h1-6,8H,(H2,15,17). The van der Waals surface area contributed by atoms with Crippen molar-refractivity contribution in [3.8, 4) is 11.8 Å². The number of rotatable bonds is 1. The summed E-state index contributed by atoms with van der Waals surface area (Å²) in [6, 6.07) is 11.2. The van der Waals surface area contributed by atoms with Crippen molar-refractivity contribution in [2.75, 3.05) is 5.73 Å². The number of aromatic nitrogens is 3. The highest BCUT2D eigenvalue weighted by molar-refractivity contribution is 5.79. The zero-order chi connectivity index (χ0) is 12.5. The second-order valence-electron chi connectivity index (χ2n) is 3.83. The second kappa shape index (κ2) is 3.86. The molecule has 0 radical (unpaired) electrons. The van der Waals surface area contributed by atoms with Gasteiger partial charge in [-0.1, -0.05) is 6.07 Å². The minimum Gasteiger partial charge on any atom is -0.369 e. The Morgan fingerprint density at radius 2 is 2.17 bits per heavy atom. The summed E-state index contributed by atoms with van der Waals surface area (Å²) in [5, 5.41) is 8.93. The van der Waals surface area contributed by atoms with Crippen molar-refractivity contribution in [2.45, 2.75) is 0 Å². The van der Waals surface area contributed by atoms with Crippen LogP contribution in [0.5, 0.6) is 0 Å². The van der Waals surface area contributed by atoms with E-state index >= 15 is 0 Å². The molecular formula is C13H9N5. The predicted octanol–water partition coefficient (Wildman–Crippen LogP) is 1.87. The second-order valence-corrected chi connectivity index (χ2v) is 3.83. The largest absolute Gasteiger partial charge is 0.369 e. The fourth-order valence-corrected chi connectivity index (χ4v) is 1.94. The lowest BCUT2D eigenvalue weighted by Crippen LogP contribution is -2.00. The van der Waals surface area contributed by atoms with Gasteiger partial charge in [-0.05, 0) is 24.3 Å². The van der Waals surface area contributed by atoms with Gasteiger partial charge in [-0.3, -0.25) is 9.55 Å². The van der Waals surface area contributed by atoms with Gasteiger partial charge in [-0.25, -0.2) is 4.98 Å². The van der Waals surface area contributed by atoms with Gasteiger partial charge in [-0.15, -0.1) is 0 Å². The number of nitrogens with zero attached hydrogens (tertiary/aromatic N) is 4. The van der Waals surface area contributed by atoms with Gasteiger partial charge in [0, 0.05) is 6.20 Å². The lowest BCUT2D eigenvalue weighted by atomic mass is 10.2. The first-order valence-corrected chi connectivity index (χ1v) is 5.38. The summed E-state index contributed by atoms with van der Waals surface area (Å²) in [6.45, 7) is 0. The topological polar surface area (TPSA) is 80.5 Å².